The van der Waals surface area contributed by atoms with Gasteiger partial charge in [-0.15, -0.1) is 0 Å². The normalized spacial score (nSPS) is 22.5. The van der Waals surface area contributed by atoms with Crippen LogP contribution in [0.4, 0.5) is 0 Å². The van der Waals surface area contributed by atoms with E-state index in [2.05, 4.69) is 0 Å². The molecule has 104 valence electrons. The van der Waals surface area contributed by atoms with Gasteiger partial charge in [0, 0.05) is 18.0 Å². The van der Waals surface area contributed by atoms with E-state index in [4.69, 9.17) is 4.74 Å². The summed E-state index contributed by atoms with van der Waals surface area (Å²) in [4.78, 5) is 13.1. The number of para-hydroxylation sites is 1. The molecule has 1 heterocycles. The van der Waals surface area contributed by atoms with Crippen molar-refractivity contribution in [3.8, 4) is 5.75 Å². The number of carbonyl (C=O) groups is 1. The van der Waals surface area contributed by atoms with E-state index in [-0.39, 0.29) is 11.6 Å². The Morgan fingerprint density at radius 1 is 1.47 bits per heavy atom. The molecule has 1 aliphatic heterocycles. The minimum absolute atomic E-state index is 0.0612. The topological polar surface area (TPSA) is 49.8 Å². The number of carboxylic acids is 1. The summed E-state index contributed by atoms with van der Waals surface area (Å²) in [5, 5.41) is 9.19. The van der Waals surface area contributed by atoms with E-state index < -0.39 is 12.0 Å². The maximum atomic E-state index is 11.2. The molecule has 0 saturated carbocycles. The molecule has 0 fully saturated rings. The smallest absolute Gasteiger partial charge is 0.320 e. The predicted molar refractivity (Wildman–Crippen MR) is 73.4 cm³/mol. The van der Waals surface area contributed by atoms with E-state index in [9.17, 15) is 9.90 Å². The molecule has 2 unspecified atom stereocenters. The van der Waals surface area contributed by atoms with Gasteiger partial charge in [0.05, 0.1) is 0 Å². The minimum atomic E-state index is -0.802. The summed E-state index contributed by atoms with van der Waals surface area (Å²) in [5.41, 5.74) is 0.781. The minimum Gasteiger partial charge on any atom is -0.487 e. The van der Waals surface area contributed by atoms with Crippen LogP contribution < -0.4 is 4.74 Å². The molecule has 4 heteroatoms. The molecule has 1 aliphatic rings. The quantitative estimate of drug-likeness (QED) is 0.911. The van der Waals surface area contributed by atoms with Gasteiger partial charge in [-0.25, -0.2) is 0 Å². The van der Waals surface area contributed by atoms with Crippen molar-refractivity contribution in [3.05, 3.63) is 29.8 Å². The lowest BCUT2D eigenvalue weighted by atomic mass is 9.88. The number of aliphatic carboxylic acids is 1. The summed E-state index contributed by atoms with van der Waals surface area (Å²) in [7, 11) is 1.86. The summed E-state index contributed by atoms with van der Waals surface area (Å²) in [5.74, 6) is 0.0532. The number of fused-ring (bicyclic) bond motifs is 1. The fourth-order valence-corrected chi connectivity index (χ4v) is 2.57. The van der Waals surface area contributed by atoms with Crippen molar-refractivity contribution >= 4 is 5.97 Å². The first kappa shape index (κ1) is 13.9. The van der Waals surface area contributed by atoms with E-state index in [1.807, 2.05) is 50.1 Å². The molecular formula is C15H21NO3. The first-order valence-corrected chi connectivity index (χ1v) is 6.54. The lowest BCUT2D eigenvalue weighted by Crippen LogP contribution is -2.45. The molecule has 0 aromatic heterocycles. The molecule has 1 aromatic carbocycles. The zero-order valence-corrected chi connectivity index (χ0v) is 11.9. The number of ether oxygens (including phenoxy) is 1. The van der Waals surface area contributed by atoms with Crippen LogP contribution in [0.1, 0.15) is 38.8 Å². The molecule has 0 bridgehead atoms. The molecule has 2 atom stereocenters. The summed E-state index contributed by atoms with van der Waals surface area (Å²) in [6, 6.07) is 7.41. The van der Waals surface area contributed by atoms with Crippen molar-refractivity contribution in [2.75, 3.05) is 7.05 Å². The molecule has 4 nitrogen and oxygen atoms in total. The Hall–Kier alpha value is -1.55. The molecular weight excluding hydrogens is 242 g/mol. The van der Waals surface area contributed by atoms with Crippen molar-refractivity contribution in [2.24, 2.45) is 0 Å². The Bertz CT molecular complexity index is 484. The van der Waals surface area contributed by atoms with Crippen LogP contribution in [0, 0.1) is 0 Å². The average molecular weight is 263 g/mol. The maximum Gasteiger partial charge on any atom is 0.320 e. The van der Waals surface area contributed by atoms with Crippen LogP contribution in [0.3, 0.4) is 0 Å². The van der Waals surface area contributed by atoms with E-state index in [1.54, 1.807) is 6.92 Å². The van der Waals surface area contributed by atoms with Crippen molar-refractivity contribution in [2.45, 2.75) is 44.9 Å². The third kappa shape index (κ3) is 2.73. The highest BCUT2D eigenvalue weighted by molar-refractivity contribution is 5.73. The molecule has 1 aromatic rings. The lowest BCUT2D eigenvalue weighted by molar-refractivity contribution is -0.143. The van der Waals surface area contributed by atoms with Gasteiger partial charge in [0.2, 0.25) is 0 Å². The first-order valence-electron chi connectivity index (χ1n) is 6.54. The standard InChI is InChI=1S/C15H21NO3/c1-10(14(17)18)16(4)12-9-15(2,3)19-13-8-6-5-7-11(12)13/h5-8,10,12H,9H2,1-4H3,(H,17,18). The van der Waals surface area contributed by atoms with Crippen LogP contribution in [0.15, 0.2) is 24.3 Å². The third-order valence-electron chi connectivity index (χ3n) is 3.81. The fourth-order valence-electron chi connectivity index (χ4n) is 2.57. The van der Waals surface area contributed by atoms with Crippen molar-refractivity contribution < 1.29 is 14.6 Å². The molecule has 0 radical (unpaired) electrons. The number of likely N-dealkylation sites (N-methyl/N-ethyl adjacent to an activating group) is 1. The zero-order valence-electron chi connectivity index (χ0n) is 11.9. The van der Waals surface area contributed by atoms with E-state index in [0.29, 0.717) is 0 Å². The Balaban J connectivity index is 2.37. The Labute approximate surface area is 114 Å². The van der Waals surface area contributed by atoms with Gasteiger partial charge in [0.15, 0.2) is 0 Å². The second-order valence-electron chi connectivity index (χ2n) is 5.80. The van der Waals surface area contributed by atoms with Crippen LogP contribution in [-0.2, 0) is 4.79 Å². The highest BCUT2D eigenvalue weighted by atomic mass is 16.5. The monoisotopic (exact) mass is 263 g/mol. The number of hydrogen-bond donors (Lipinski definition) is 1. The zero-order chi connectivity index (χ0) is 14.2. The molecule has 2 rings (SSSR count). The lowest BCUT2D eigenvalue weighted by Gasteiger charge is -2.42. The summed E-state index contributed by atoms with van der Waals surface area (Å²) in [6.07, 6.45) is 0.776. The number of nitrogens with zero attached hydrogens (tertiary/aromatic N) is 1. The van der Waals surface area contributed by atoms with Crippen LogP contribution >= 0.6 is 0 Å². The molecule has 19 heavy (non-hydrogen) atoms. The van der Waals surface area contributed by atoms with Crippen LogP contribution in [0.25, 0.3) is 0 Å². The SMILES string of the molecule is CC(C(=O)O)N(C)C1CC(C)(C)Oc2ccccc21. The maximum absolute atomic E-state index is 11.2. The molecule has 0 spiro atoms. The van der Waals surface area contributed by atoms with Gasteiger partial charge in [-0.05, 0) is 33.9 Å². The van der Waals surface area contributed by atoms with Crippen LogP contribution in [0.2, 0.25) is 0 Å². The predicted octanol–water partition coefficient (Wildman–Crippen LogP) is 2.69. The van der Waals surface area contributed by atoms with Crippen LogP contribution in [0.5, 0.6) is 5.75 Å². The largest absolute Gasteiger partial charge is 0.487 e. The van der Waals surface area contributed by atoms with E-state index >= 15 is 0 Å². The van der Waals surface area contributed by atoms with Gasteiger partial charge >= 0.3 is 5.97 Å². The Morgan fingerprint density at radius 3 is 2.74 bits per heavy atom. The van der Waals surface area contributed by atoms with Gasteiger partial charge < -0.3 is 9.84 Å². The summed E-state index contributed by atoms with van der Waals surface area (Å²) in [6.45, 7) is 5.79. The Kier molecular flexibility index (Phi) is 3.54. The first-order chi connectivity index (χ1) is 8.82. The number of rotatable bonds is 3. The highest BCUT2D eigenvalue weighted by Crippen LogP contribution is 2.42. The Morgan fingerprint density at radius 2 is 2.11 bits per heavy atom. The number of benzene rings is 1. The molecule has 0 saturated heterocycles. The molecule has 0 amide bonds. The average Bonchev–Trinajstić information content (AvgIpc) is 2.34. The van der Waals surface area contributed by atoms with Gasteiger partial charge in [0.25, 0.3) is 0 Å². The van der Waals surface area contributed by atoms with Crippen molar-refractivity contribution in [3.63, 3.8) is 0 Å². The van der Waals surface area contributed by atoms with Gasteiger partial charge in [-0.2, -0.15) is 0 Å². The summed E-state index contributed by atoms with van der Waals surface area (Å²) >= 11 is 0. The van der Waals surface area contributed by atoms with Gasteiger partial charge in [-0.3, -0.25) is 9.69 Å². The third-order valence-corrected chi connectivity index (χ3v) is 3.81. The summed E-state index contributed by atoms with van der Waals surface area (Å²) < 4.78 is 5.97. The van der Waals surface area contributed by atoms with E-state index in [1.165, 1.54) is 0 Å². The van der Waals surface area contributed by atoms with Crippen molar-refractivity contribution in [1.29, 1.82) is 0 Å². The van der Waals surface area contributed by atoms with Crippen molar-refractivity contribution in [1.82, 2.24) is 4.90 Å². The number of carboxylic acid groups (broad SMARTS) is 1. The van der Waals surface area contributed by atoms with Gasteiger partial charge in [-0.1, -0.05) is 18.2 Å². The van der Waals surface area contributed by atoms with E-state index in [0.717, 1.165) is 17.7 Å². The second-order valence-corrected chi connectivity index (χ2v) is 5.80. The highest BCUT2D eigenvalue weighted by Gasteiger charge is 2.37. The fraction of sp³-hybridized carbons (Fsp3) is 0.533. The van der Waals surface area contributed by atoms with Gasteiger partial charge in [0.1, 0.15) is 17.4 Å². The second kappa shape index (κ2) is 4.85. The molecule has 0 aliphatic carbocycles. The van der Waals surface area contributed by atoms with Crippen LogP contribution in [-0.4, -0.2) is 34.7 Å². The number of hydrogen-bond acceptors (Lipinski definition) is 3. The molecule has 1 N–H and O–H groups in total.